The van der Waals surface area contributed by atoms with Crippen molar-refractivity contribution in [2.75, 3.05) is 20.1 Å². The molecule has 70 valence electrons. The molecule has 0 unspecified atom stereocenters. The molecule has 1 aromatic heterocycles. The monoisotopic (exact) mass is 178 g/mol. The number of hydrogen-bond donors (Lipinski definition) is 0. The molecule has 3 nitrogen and oxygen atoms in total. The molecule has 3 heteroatoms. The highest BCUT2D eigenvalue weighted by atomic mass is 16.5. The zero-order chi connectivity index (χ0) is 9.26. The normalized spacial score (nSPS) is 18.8. The lowest BCUT2D eigenvalue weighted by Gasteiger charge is -2.21. The standard InChI is InChI=1S/C10H14N2O/c1-8-6-10(11-13-8)9-4-3-5-12(2)7-9/h4,6H,3,5,7H2,1-2H3. The molecule has 0 saturated heterocycles. The first-order valence-corrected chi connectivity index (χ1v) is 4.57. The Morgan fingerprint density at radius 1 is 1.54 bits per heavy atom. The van der Waals surface area contributed by atoms with Gasteiger partial charge in [0.05, 0.1) is 0 Å². The highest BCUT2D eigenvalue weighted by Crippen LogP contribution is 2.19. The fourth-order valence-electron chi connectivity index (χ4n) is 1.60. The van der Waals surface area contributed by atoms with Crippen LogP contribution in [0.2, 0.25) is 0 Å². The SMILES string of the molecule is Cc1cc(C2=CCCN(C)C2)no1. The van der Waals surface area contributed by atoms with Gasteiger partial charge in [0.15, 0.2) is 0 Å². The van der Waals surface area contributed by atoms with E-state index in [-0.39, 0.29) is 0 Å². The summed E-state index contributed by atoms with van der Waals surface area (Å²) in [5.74, 6) is 0.879. The number of aromatic nitrogens is 1. The van der Waals surface area contributed by atoms with Gasteiger partial charge in [0, 0.05) is 19.2 Å². The van der Waals surface area contributed by atoms with Crippen molar-refractivity contribution in [1.29, 1.82) is 0 Å². The van der Waals surface area contributed by atoms with Crippen molar-refractivity contribution in [3.05, 3.63) is 23.6 Å². The Kier molecular flexibility index (Phi) is 2.19. The van der Waals surface area contributed by atoms with Crippen LogP contribution in [-0.2, 0) is 0 Å². The van der Waals surface area contributed by atoms with Crippen LogP contribution in [0.3, 0.4) is 0 Å². The molecule has 1 aliphatic rings. The van der Waals surface area contributed by atoms with E-state index in [2.05, 4.69) is 23.2 Å². The molecule has 2 rings (SSSR count). The number of hydrogen-bond acceptors (Lipinski definition) is 3. The zero-order valence-corrected chi connectivity index (χ0v) is 8.08. The lowest BCUT2D eigenvalue weighted by molar-refractivity contribution is 0.368. The van der Waals surface area contributed by atoms with Crippen LogP contribution >= 0.6 is 0 Å². The average Bonchev–Trinajstić information content (AvgIpc) is 2.52. The van der Waals surface area contributed by atoms with E-state index in [4.69, 9.17) is 4.52 Å². The van der Waals surface area contributed by atoms with Gasteiger partial charge in [0.2, 0.25) is 0 Å². The first kappa shape index (κ1) is 8.51. The Balaban J connectivity index is 2.21. The second-order valence-electron chi connectivity index (χ2n) is 3.58. The van der Waals surface area contributed by atoms with Crippen LogP contribution in [0.5, 0.6) is 0 Å². The molecule has 0 radical (unpaired) electrons. The maximum Gasteiger partial charge on any atom is 0.134 e. The smallest absolute Gasteiger partial charge is 0.134 e. The number of aryl methyl sites for hydroxylation is 1. The third kappa shape index (κ3) is 1.80. The number of rotatable bonds is 1. The Morgan fingerprint density at radius 3 is 3.00 bits per heavy atom. The molecule has 2 heterocycles. The van der Waals surface area contributed by atoms with Gasteiger partial charge in [-0.3, -0.25) is 0 Å². The molecule has 0 saturated carbocycles. The van der Waals surface area contributed by atoms with Gasteiger partial charge in [0.25, 0.3) is 0 Å². The number of likely N-dealkylation sites (N-methyl/N-ethyl adjacent to an activating group) is 1. The molecule has 1 aromatic rings. The predicted molar refractivity (Wildman–Crippen MR) is 51.3 cm³/mol. The van der Waals surface area contributed by atoms with Gasteiger partial charge in [-0.1, -0.05) is 11.2 Å². The number of nitrogens with zero attached hydrogens (tertiary/aromatic N) is 2. The summed E-state index contributed by atoms with van der Waals surface area (Å²) in [6.45, 7) is 4.04. The van der Waals surface area contributed by atoms with Crippen molar-refractivity contribution >= 4 is 5.57 Å². The average molecular weight is 178 g/mol. The van der Waals surface area contributed by atoms with Gasteiger partial charge < -0.3 is 9.42 Å². The van der Waals surface area contributed by atoms with E-state index in [1.165, 1.54) is 5.57 Å². The van der Waals surface area contributed by atoms with Gasteiger partial charge in [-0.2, -0.15) is 0 Å². The van der Waals surface area contributed by atoms with Crippen molar-refractivity contribution in [1.82, 2.24) is 10.1 Å². The van der Waals surface area contributed by atoms with E-state index >= 15 is 0 Å². The topological polar surface area (TPSA) is 29.3 Å². The van der Waals surface area contributed by atoms with E-state index in [1.807, 2.05) is 13.0 Å². The molecular formula is C10H14N2O. The van der Waals surface area contributed by atoms with Crippen molar-refractivity contribution < 1.29 is 4.52 Å². The molecule has 0 N–H and O–H groups in total. The minimum Gasteiger partial charge on any atom is -0.361 e. The highest BCUT2D eigenvalue weighted by molar-refractivity contribution is 5.64. The summed E-state index contributed by atoms with van der Waals surface area (Å²) in [7, 11) is 2.12. The van der Waals surface area contributed by atoms with Crippen LogP contribution in [0.1, 0.15) is 17.9 Å². The third-order valence-corrected chi connectivity index (χ3v) is 2.30. The maximum atomic E-state index is 5.04. The molecule has 0 aromatic carbocycles. The zero-order valence-electron chi connectivity index (χ0n) is 8.08. The van der Waals surface area contributed by atoms with Crippen molar-refractivity contribution in [3.63, 3.8) is 0 Å². The van der Waals surface area contributed by atoms with Crippen molar-refractivity contribution in [2.24, 2.45) is 0 Å². The lowest BCUT2D eigenvalue weighted by atomic mass is 10.1. The van der Waals surface area contributed by atoms with Crippen LogP contribution < -0.4 is 0 Å². The van der Waals surface area contributed by atoms with Gasteiger partial charge >= 0.3 is 0 Å². The summed E-state index contributed by atoms with van der Waals surface area (Å²) in [6, 6.07) is 1.99. The molecule has 13 heavy (non-hydrogen) atoms. The second kappa shape index (κ2) is 3.34. The van der Waals surface area contributed by atoms with Crippen molar-refractivity contribution in [3.8, 4) is 0 Å². The van der Waals surface area contributed by atoms with Crippen LogP contribution in [0, 0.1) is 6.92 Å². The summed E-state index contributed by atoms with van der Waals surface area (Å²) < 4.78 is 5.04. The van der Waals surface area contributed by atoms with E-state index in [1.54, 1.807) is 0 Å². The molecule has 0 aliphatic carbocycles. The van der Waals surface area contributed by atoms with E-state index < -0.39 is 0 Å². The largest absolute Gasteiger partial charge is 0.361 e. The quantitative estimate of drug-likeness (QED) is 0.655. The predicted octanol–water partition coefficient (Wildman–Crippen LogP) is 1.70. The molecule has 0 amide bonds. The molecular weight excluding hydrogens is 164 g/mol. The summed E-state index contributed by atoms with van der Waals surface area (Å²) in [5, 5.41) is 4.00. The van der Waals surface area contributed by atoms with Gasteiger partial charge in [-0.05, 0) is 26.0 Å². The molecule has 0 fully saturated rings. The first-order valence-electron chi connectivity index (χ1n) is 4.57. The van der Waals surface area contributed by atoms with Crippen LogP contribution in [-0.4, -0.2) is 30.2 Å². The summed E-state index contributed by atoms with van der Waals surface area (Å²) in [6.07, 6.45) is 3.36. The fourth-order valence-corrected chi connectivity index (χ4v) is 1.60. The third-order valence-electron chi connectivity index (χ3n) is 2.30. The Labute approximate surface area is 78.0 Å². The minimum absolute atomic E-state index is 0.879. The Hall–Kier alpha value is -1.09. The molecule has 0 atom stereocenters. The summed E-state index contributed by atoms with van der Waals surface area (Å²) in [4.78, 5) is 2.29. The van der Waals surface area contributed by atoms with E-state index in [9.17, 15) is 0 Å². The van der Waals surface area contributed by atoms with Crippen LogP contribution in [0.15, 0.2) is 16.7 Å². The molecule has 0 spiro atoms. The van der Waals surface area contributed by atoms with Crippen LogP contribution in [0.4, 0.5) is 0 Å². The molecule has 1 aliphatic heterocycles. The minimum atomic E-state index is 0.879. The maximum absolute atomic E-state index is 5.04. The Morgan fingerprint density at radius 2 is 2.38 bits per heavy atom. The van der Waals surface area contributed by atoms with Crippen molar-refractivity contribution in [2.45, 2.75) is 13.3 Å². The Bertz CT molecular complexity index is 327. The molecule has 0 bridgehead atoms. The van der Waals surface area contributed by atoms with Crippen LogP contribution in [0.25, 0.3) is 5.57 Å². The second-order valence-corrected chi connectivity index (χ2v) is 3.58. The first-order chi connectivity index (χ1) is 6.25. The fraction of sp³-hybridized carbons (Fsp3) is 0.500. The highest BCUT2D eigenvalue weighted by Gasteiger charge is 2.12. The van der Waals surface area contributed by atoms with Gasteiger partial charge in [-0.15, -0.1) is 0 Å². The van der Waals surface area contributed by atoms with Gasteiger partial charge in [-0.25, -0.2) is 0 Å². The van der Waals surface area contributed by atoms with E-state index in [0.717, 1.165) is 31.0 Å². The van der Waals surface area contributed by atoms with E-state index in [0.29, 0.717) is 0 Å². The van der Waals surface area contributed by atoms with Gasteiger partial charge in [0.1, 0.15) is 11.5 Å². The lowest BCUT2D eigenvalue weighted by Crippen LogP contribution is -2.24. The summed E-state index contributed by atoms with van der Waals surface area (Å²) in [5.41, 5.74) is 2.27. The summed E-state index contributed by atoms with van der Waals surface area (Å²) >= 11 is 0.